The highest BCUT2D eigenvalue weighted by Gasteiger charge is 2.19. The van der Waals surface area contributed by atoms with E-state index in [4.69, 9.17) is 4.42 Å². The van der Waals surface area contributed by atoms with Gasteiger partial charge in [0.2, 0.25) is 5.91 Å². The van der Waals surface area contributed by atoms with Gasteiger partial charge in [0.05, 0.1) is 18.8 Å². The second-order valence-corrected chi connectivity index (χ2v) is 6.79. The van der Waals surface area contributed by atoms with Crippen molar-refractivity contribution in [2.24, 2.45) is 5.92 Å². The third-order valence-electron chi connectivity index (χ3n) is 4.30. The molecular weight excluding hydrogens is 328 g/mol. The van der Waals surface area contributed by atoms with E-state index in [-0.39, 0.29) is 30.2 Å². The highest BCUT2D eigenvalue weighted by atomic mass is 16.3. The summed E-state index contributed by atoms with van der Waals surface area (Å²) >= 11 is 0. The van der Waals surface area contributed by atoms with Crippen molar-refractivity contribution >= 4 is 11.8 Å². The van der Waals surface area contributed by atoms with Crippen molar-refractivity contribution in [3.05, 3.63) is 59.5 Å². The first kappa shape index (κ1) is 19.8. The lowest BCUT2D eigenvalue weighted by atomic mass is 9.94. The van der Waals surface area contributed by atoms with Crippen LogP contribution in [0.1, 0.15) is 61.3 Å². The number of aryl methyl sites for hydroxylation is 1. The summed E-state index contributed by atoms with van der Waals surface area (Å²) in [6.07, 6.45) is 4.86. The first-order valence-corrected chi connectivity index (χ1v) is 9.21. The second kappa shape index (κ2) is 9.80. The largest absolute Gasteiger partial charge is 0.459 e. The van der Waals surface area contributed by atoms with E-state index in [0.29, 0.717) is 0 Å². The van der Waals surface area contributed by atoms with Gasteiger partial charge in [-0.05, 0) is 42.0 Å². The minimum absolute atomic E-state index is 0.0860. The van der Waals surface area contributed by atoms with Crippen LogP contribution < -0.4 is 10.6 Å². The molecule has 0 unspecified atom stereocenters. The minimum atomic E-state index is -0.397. The van der Waals surface area contributed by atoms with Gasteiger partial charge in [0.15, 0.2) is 5.76 Å². The van der Waals surface area contributed by atoms with Crippen LogP contribution in [-0.4, -0.2) is 18.4 Å². The number of hydrogen-bond acceptors (Lipinski definition) is 3. The highest BCUT2D eigenvalue weighted by Crippen LogP contribution is 2.22. The normalized spacial score (nSPS) is 12.0. The van der Waals surface area contributed by atoms with Crippen LogP contribution in [-0.2, 0) is 11.2 Å². The Balaban J connectivity index is 1.92. The predicted octanol–water partition coefficient (Wildman–Crippen LogP) is 3.87. The van der Waals surface area contributed by atoms with Crippen LogP contribution in [0.3, 0.4) is 0 Å². The molecule has 1 aromatic carbocycles. The molecule has 1 aromatic heterocycles. The SMILES string of the molecule is CCCCc1ccc([C@@H](NC(=O)CNC(=O)c2ccco2)C(C)C)cc1. The minimum Gasteiger partial charge on any atom is -0.459 e. The van der Waals surface area contributed by atoms with Gasteiger partial charge in [0, 0.05) is 0 Å². The monoisotopic (exact) mass is 356 g/mol. The zero-order valence-electron chi connectivity index (χ0n) is 15.7. The number of hydrogen-bond donors (Lipinski definition) is 2. The zero-order chi connectivity index (χ0) is 18.9. The van der Waals surface area contributed by atoms with E-state index in [1.165, 1.54) is 24.7 Å². The molecule has 140 valence electrons. The molecule has 0 bridgehead atoms. The molecule has 0 aliphatic carbocycles. The van der Waals surface area contributed by atoms with E-state index in [1.807, 2.05) is 0 Å². The standard InChI is InChI=1S/C21H28N2O3/c1-4-5-7-16-9-11-17(12-10-16)20(15(2)3)23-19(24)14-22-21(25)18-8-6-13-26-18/h6,8-13,15,20H,4-5,7,14H2,1-3H3,(H,22,25)(H,23,24)/t20-/m0/s1. The van der Waals surface area contributed by atoms with Crippen molar-refractivity contribution in [3.63, 3.8) is 0 Å². The van der Waals surface area contributed by atoms with Crippen molar-refractivity contribution in [1.82, 2.24) is 10.6 Å². The summed E-state index contributed by atoms with van der Waals surface area (Å²) in [6.45, 7) is 6.23. The Kier molecular flexibility index (Phi) is 7.45. The van der Waals surface area contributed by atoms with E-state index in [1.54, 1.807) is 12.1 Å². The average molecular weight is 356 g/mol. The van der Waals surface area contributed by atoms with Crippen LogP contribution in [0.25, 0.3) is 0 Å². The maximum Gasteiger partial charge on any atom is 0.287 e. The van der Waals surface area contributed by atoms with Crippen molar-refractivity contribution in [1.29, 1.82) is 0 Å². The summed E-state index contributed by atoms with van der Waals surface area (Å²) in [5, 5.41) is 5.58. The van der Waals surface area contributed by atoms with E-state index in [9.17, 15) is 9.59 Å². The smallest absolute Gasteiger partial charge is 0.287 e. The van der Waals surface area contributed by atoms with Crippen LogP contribution in [0.2, 0.25) is 0 Å². The number of amides is 2. The van der Waals surface area contributed by atoms with Crippen molar-refractivity contribution in [2.45, 2.75) is 46.1 Å². The van der Waals surface area contributed by atoms with Crippen molar-refractivity contribution < 1.29 is 14.0 Å². The molecule has 0 spiro atoms. The van der Waals surface area contributed by atoms with Crippen LogP contribution in [0.15, 0.2) is 47.1 Å². The summed E-state index contributed by atoms with van der Waals surface area (Å²) in [6, 6.07) is 11.5. The summed E-state index contributed by atoms with van der Waals surface area (Å²) in [5.74, 6) is -0.188. The Morgan fingerprint density at radius 2 is 1.85 bits per heavy atom. The second-order valence-electron chi connectivity index (χ2n) is 6.79. The van der Waals surface area contributed by atoms with E-state index >= 15 is 0 Å². The topological polar surface area (TPSA) is 71.3 Å². The summed E-state index contributed by atoms with van der Waals surface area (Å²) in [5.41, 5.74) is 2.39. The molecule has 5 heteroatoms. The molecule has 2 amide bonds. The molecular formula is C21H28N2O3. The Morgan fingerprint density at radius 3 is 2.42 bits per heavy atom. The number of unbranched alkanes of at least 4 members (excludes halogenated alkanes) is 1. The Labute approximate surface area is 155 Å². The lowest BCUT2D eigenvalue weighted by Gasteiger charge is -2.23. The molecule has 1 heterocycles. The van der Waals surface area contributed by atoms with Crippen LogP contribution in [0.4, 0.5) is 0 Å². The lowest BCUT2D eigenvalue weighted by molar-refractivity contribution is -0.121. The molecule has 1 atom stereocenters. The molecule has 2 N–H and O–H groups in total. The number of benzene rings is 1. The van der Waals surface area contributed by atoms with Crippen LogP contribution in [0.5, 0.6) is 0 Å². The fourth-order valence-electron chi connectivity index (χ4n) is 2.79. The van der Waals surface area contributed by atoms with Crippen LogP contribution >= 0.6 is 0 Å². The molecule has 5 nitrogen and oxygen atoms in total. The van der Waals surface area contributed by atoms with Gasteiger partial charge in [-0.2, -0.15) is 0 Å². The maximum atomic E-state index is 12.3. The van der Waals surface area contributed by atoms with E-state index in [0.717, 1.165) is 12.0 Å². The molecule has 0 radical (unpaired) electrons. The van der Waals surface area contributed by atoms with Crippen LogP contribution in [0, 0.1) is 5.92 Å². The van der Waals surface area contributed by atoms with E-state index < -0.39 is 5.91 Å². The van der Waals surface area contributed by atoms with Gasteiger partial charge in [-0.25, -0.2) is 0 Å². The number of carbonyl (C=O) groups is 2. The quantitative estimate of drug-likeness (QED) is 0.716. The van der Waals surface area contributed by atoms with Gasteiger partial charge in [-0.15, -0.1) is 0 Å². The van der Waals surface area contributed by atoms with Gasteiger partial charge in [-0.3, -0.25) is 9.59 Å². The first-order valence-electron chi connectivity index (χ1n) is 9.21. The van der Waals surface area contributed by atoms with Gasteiger partial charge in [-0.1, -0.05) is 51.5 Å². The molecule has 0 aliphatic heterocycles. The van der Waals surface area contributed by atoms with Gasteiger partial charge in [0.1, 0.15) is 0 Å². The fraction of sp³-hybridized carbons (Fsp3) is 0.429. The first-order chi connectivity index (χ1) is 12.5. The number of nitrogens with one attached hydrogen (secondary N) is 2. The zero-order valence-corrected chi connectivity index (χ0v) is 15.7. The third-order valence-corrected chi connectivity index (χ3v) is 4.30. The fourth-order valence-corrected chi connectivity index (χ4v) is 2.79. The lowest BCUT2D eigenvalue weighted by Crippen LogP contribution is -2.40. The maximum absolute atomic E-state index is 12.3. The molecule has 2 aromatic rings. The molecule has 0 saturated heterocycles. The number of carbonyl (C=O) groups excluding carboxylic acids is 2. The van der Waals surface area contributed by atoms with Crippen molar-refractivity contribution in [2.75, 3.05) is 6.54 Å². The molecule has 0 saturated carbocycles. The average Bonchev–Trinajstić information content (AvgIpc) is 3.17. The number of rotatable bonds is 9. The molecule has 0 fully saturated rings. The van der Waals surface area contributed by atoms with E-state index in [2.05, 4.69) is 55.7 Å². The summed E-state index contributed by atoms with van der Waals surface area (Å²) in [7, 11) is 0. The molecule has 26 heavy (non-hydrogen) atoms. The molecule has 0 aliphatic rings. The summed E-state index contributed by atoms with van der Waals surface area (Å²) in [4.78, 5) is 24.1. The Morgan fingerprint density at radius 1 is 1.12 bits per heavy atom. The highest BCUT2D eigenvalue weighted by molar-refractivity contribution is 5.94. The van der Waals surface area contributed by atoms with Gasteiger partial charge in [0.25, 0.3) is 5.91 Å². The molecule has 2 rings (SSSR count). The third kappa shape index (κ3) is 5.76. The van der Waals surface area contributed by atoms with Gasteiger partial charge >= 0.3 is 0 Å². The van der Waals surface area contributed by atoms with Gasteiger partial charge < -0.3 is 15.1 Å². The summed E-state index contributed by atoms with van der Waals surface area (Å²) < 4.78 is 5.01. The van der Waals surface area contributed by atoms with Crippen molar-refractivity contribution in [3.8, 4) is 0 Å². The number of furan rings is 1. The predicted molar refractivity (Wildman–Crippen MR) is 102 cm³/mol. The Bertz CT molecular complexity index is 691. The Hall–Kier alpha value is -2.56.